The van der Waals surface area contributed by atoms with Gasteiger partial charge in [0.2, 0.25) is 5.78 Å². The van der Waals surface area contributed by atoms with E-state index >= 15 is 0 Å². The van der Waals surface area contributed by atoms with Crippen LogP contribution in [0.4, 0.5) is 0 Å². The van der Waals surface area contributed by atoms with Crippen molar-refractivity contribution in [2.24, 2.45) is 7.05 Å². The van der Waals surface area contributed by atoms with Gasteiger partial charge >= 0.3 is 0 Å². The quantitative estimate of drug-likeness (QED) is 0.785. The first-order valence-corrected chi connectivity index (χ1v) is 6.23. The number of carbonyl (C=O) groups is 1. The highest BCUT2D eigenvalue weighted by Gasteiger charge is 2.19. The highest BCUT2D eigenvalue weighted by molar-refractivity contribution is 9.10. The molecule has 88 valence electrons. The van der Waals surface area contributed by atoms with E-state index in [1.54, 1.807) is 25.2 Å². The van der Waals surface area contributed by atoms with Crippen LogP contribution in [-0.2, 0) is 7.05 Å². The van der Waals surface area contributed by atoms with Gasteiger partial charge in [0.15, 0.2) is 0 Å². The van der Waals surface area contributed by atoms with Gasteiger partial charge in [-0.25, -0.2) is 0 Å². The second-order valence-electron chi connectivity index (χ2n) is 3.42. The maximum absolute atomic E-state index is 12.3. The van der Waals surface area contributed by atoms with Crippen LogP contribution >= 0.6 is 39.1 Å². The van der Waals surface area contributed by atoms with Gasteiger partial charge in [0.05, 0.1) is 11.2 Å². The summed E-state index contributed by atoms with van der Waals surface area (Å²) in [5.74, 6) is -0.218. The molecule has 0 radical (unpaired) electrons. The topological polar surface area (TPSA) is 34.9 Å². The Kier molecular flexibility index (Phi) is 3.56. The van der Waals surface area contributed by atoms with Gasteiger partial charge in [-0.05, 0) is 18.2 Å². The van der Waals surface area contributed by atoms with Crippen LogP contribution in [0.1, 0.15) is 16.1 Å². The van der Waals surface area contributed by atoms with E-state index in [9.17, 15) is 4.79 Å². The number of carbonyl (C=O) groups excluding carboxylic acids is 1. The van der Waals surface area contributed by atoms with Gasteiger partial charge in [-0.2, -0.15) is 5.10 Å². The Labute approximate surface area is 116 Å². The molecular formula is C11H7BrCl2N2O. The second kappa shape index (κ2) is 4.80. The van der Waals surface area contributed by atoms with Crippen molar-refractivity contribution in [2.75, 3.05) is 0 Å². The molecule has 0 saturated heterocycles. The Morgan fingerprint density at radius 1 is 1.41 bits per heavy atom. The molecule has 0 fully saturated rings. The summed E-state index contributed by atoms with van der Waals surface area (Å²) >= 11 is 15.1. The summed E-state index contributed by atoms with van der Waals surface area (Å²) in [7, 11) is 1.66. The van der Waals surface area contributed by atoms with Crippen molar-refractivity contribution in [1.29, 1.82) is 0 Å². The van der Waals surface area contributed by atoms with E-state index in [0.29, 0.717) is 25.8 Å². The molecule has 0 aliphatic heterocycles. The molecule has 3 nitrogen and oxygen atoms in total. The standard InChI is InChI=1S/C11H7BrCl2N2O/c1-16-10(9(14)5-15-16)11(17)7-4-6(13)2-3-8(7)12/h2-5H,1H3. The lowest BCUT2D eigenvalue weighted by molar-refractivity contribution is 0.102. The molecular weight excluding hydrogens is 327 g/mol. The first-order valence-electron chi connectivity index (χ1n) is 4.68. The van der Waals surface area contributed by atoms with Crippen LogP contribution in [0.3, 0.4) is 0 Å². The monoisotopic (exact) mass is 332 g/mol. The number of aromatic nitrogens is 2. The SMILES string of the molecule is Cn1ncc(Cl)c1C(=O)c1cc(Cl)ccc1Br. The van der Waals surface area contributed by atoms with Crippen LogP contribution in [0.15, 0.2) is 28.9 Å². The molecule has 0 aliphatic rings. The Morgan fingerprint density at radius 3 is 2.71 bits per heavy atom. The molecule has 1 aromatic heterocycles. The van der Waals surface area contributed by atoms with Crippen molar-refractivity contribution in [3.63, 3.8) is 0 Å². The van der Waals surface area contributed by atoms with Crippen LogP contribution < -0.4 is 0 Å². The van der Waals surface area contributed by atoms with Gasteiger partial charge in [0.25, 0.3) is 0 Å². The van der Waals surface area contributed by atoms with Crippen molar-refractivity contribution in [2.45, 2.75) is 0 Å². The maximum atomic E-state index is 12.3. The van der Waals surface area contributed by atoms with Crippen molar-refractivity contribution >= 4 is 44.9 Å². The summed E-state index contributed by atoms with van der Waals surface area (Å²) in [6.07, 6.45) is 1.44. The molecule has 0 N–H and O–H groups in total. The largest absolute Gasteiger partial charge is 0.287 e. The van der Waals surface area contributed by atoms with E-state index in [1.165, 1.54) is 10.9 Å². The molecule has 0 spiro atoms. The molecule has 2 rings (SSSR count). The lowest BCUT2D eigenvalue weighted by Gasteiger charge is -2.05. The molecule has 17 heavy (non-hydrogen) atoms. The number of rotatable bonds is 2. The third kappa shape index (κ3) is 2.39. The van der Waals surface area contributed by atoms with Gasteiger partial charge in [0.1, 0.15) is 5.69 Å². The Balaban J connectivity index is 2.55. The summed E-state index contributed by atoms with van der Waals surface area (Å²) in [5.41, 5.74) is 0.803. The molecule has 2 aromatic rings. The van der Waals surface area contributed by atoms with Crippen molar-refractivity contribution < 1.29 is 4.79 Å². The number of hydrogen-bond donors (Lipinski definition) is 0. The number of halogens is 3. The Morgan fingerprint density at radius 2 is 2.12 bits per heavy atom. The van der Waals surface area contributed by atoms with Crippen molar-refractivity contribution in [1.82, 2.24) is 9.78 Å². The molecule has 0 aliphatic carbocycles. The Hall–Kier alpha value is -0.840. The minimum atomic E-state index is -0.218. The summed E-state index contributed by atoms with van der Waals surface area (Å²) in [4.78, 5) is 12.3. The number of aryl methyl sites for hydroxylation is 1. The predicted octanol–water partition coefficient (Wildman–Crippen LogP) is 3.72. The van der Waals surface area contributed by atoms with Gasteiger partial charge in [0, 0.05) is 22.1 Å². The lowest BCUT2D eigenvalue weighted by atomic mass is 10.1. The zero-order valence-corrected chi connectivity index (χ0v) is 11.8. The van der Waals surface area contributed by atoms with Crippen LogP contribution in [0, 0.1) is 0 Å². The van der Waals surface area contributed by atoms with Gasteiger partial charge in [-0.1, -0.05) is 39.1 Å². The van der Waals surface area contributed by atoms with Crippen molar-refractivity contribution in [3.05, 3.63) is 50.2 Å². The normalized spacial score (nSPS) is 10.6. The van der Waals surface area contributed by atoms with E-state index in [2.05, 4.69) is 21.0 Å². The van der Waals surface area contributed by atoms with Crippen molar-refractivity contribution in [3.8, 4) is 0 Å². The summed E-state index contributed by atoms with van der Waals surface area (Å²) in [6.45, 7) is 0. The van der Waals surface area contributed by atoms with E-state index in [-0.39, 0.29) is 5.78 Å². The number of hydrogen-bond acceptors (Lipinski definition) is 2. The third-order valence-corrected chi connectivity index (χ3v) is 3.49. The third-order valence-electron chi connectivity index (χ3n) is 2.28. The average Bonchev–Trinajstić information content (AvgIpc) is 2.61. The number of ketones is 1. The van der Waals surface area contributed by atoms with Crippen LogP contribution in [0.25, 0.3) is 0 Å². The predicted molar refractivity (Wildman–Crippen MR) is 70.8 cm³/mol. The first-order chi connectivity index (χ1) is 8.00. The molecule has 1 aromatic carbocycles. The second-order valence-corrected chi connectivity index (χ2v) is 5.12. The maximum Gasteiger partial charge on any atom is 0.213 e. The smallest absolute Gasteiger partial charge is 0.213 e. The van der Waals surface area contributed by atoms with E-state index in [0.717, 1.165) is 0 Å². The highest BCUT2D eigenvalue weighted by Crippen LogP contribution is 2.26. The van der Waals surface area contributed by atoms with Gasteiger partial charge in [-0.15, -0.1) is 0 Å². The number of nitrogens with zero attached hydrogens (tertiary/aromatic N) is 2. The highest BCUT2D eigenvalue weighted by atomic mass is 79.9. The number of benzene rings is 1. The molecule has 0 atom stereocenters. The zero-order valence-electron chi connectivity index (χ0n) is 8.75. The molecule has 0 amide bonds. The van der Waals surface area contributed by atoms with Crippen LogP contribution in [-0.4, -0.2) is 15.6 Å². The fourth-order valence-electron chi connectivity index (χ4n) is 1.47. The molecule has 0 unspecified atom stereocenters. The summed E-state index contributed by atoms with van der Waals surface area (Å²) in [6, 6.07) is 5.02. The fraction of sp³-hybridized carbons (Fsp3) is 0.0909. The molecule has 0 saturated carbocycles. The fourth-order valence-corrected chi connectivity index (χ4v) is 2.32. The minimum absolute atomic E-state index is 0.218. The average molecular weight is 334 g/mol. The first kappa shape index (κ1) is 12.6. The van der Waals surface area contributed by atoms with Gasteiger partial charge < -0.3 is 0 Å². The van der Waals surface area contributed by atoms with Gasteiger partial charge in [-0.3, -0.25) is 9.48 Å². The minimum Gasteiger partial charge on any atom is -0.287 e. The van der Waals surface area contributed by atoms with E-state index < -0.39 is 0 Å². The molecule has 0 bridgehead atoms. The Bertz CT molecular complexity index is 576. The molecule has 1 heterocycles. The van der Waals surface area contributed by atoms with Crippen LogP contribution in [0.2, 0.25) is 10.0 Å². The van der Waals surface area contributed by atoms with E-state index in [4.69, 9.17) is 23.2 Å². The van der Waals surface area contributed by atoms with Crippen LogP contribution in [0.5, 0.6) is 0 Å². The lowest BCUT2D eigenvalue weighted by Crippen LogP contribution is -2.09. The summed E-state index contributed by atoms with van der Waals surface area (Å²) < 4.78 is 2.11. The van der Waals surface area contributed by atoms with E-state index in [1.807, 2.05) is 0 Å². The molecule has 6 heteroatoms. The zero-order chi connectivity index (χ0) is 12.6. The summed E-state index contributed by atoms with van der Waals surface area (Å²) in [5, 5.41) is 4.75.